The van der Waals surface area contributed by atoms with Gasteiger partial charge in [-0.1, -0.05) is 31.9 Å². The summed E-state index contributed by atoms with van der Waals surface area (Å²) in [6.45, 7) is 3.11. The van der Waals surface area contributed by atoms with Gasteiger partial charge in [0.2, 0.25) is 0 Å². The molecule has 1 aliphatic rings. The first kappa shape index (κ1) is 13.0. The van der Waals surface area contributed by atoms with Crippen LogP contribution in [0.25, 0.3) is 0 Å². The van der Waals surface area contributed by atoms with E-state index in [2.05, 4.69) is 0 Å². The van der Waals surface area contributed by atoms with Crippen LogP contribution in [0.2, 0.25) is 12.6 Å². The van der Waals surface area contributed by atoms with Gasteiger partial charge in [0.25, 0.3) is 0 Å². The Morgan fingerprint density at radius 1 is 0.692 bits per heavy atom. The smallest absolute Gasteiger partial charge is 0.0701 e. The van der Waals surface area contributed by atoms with E-state index in [0.29, 0.717) is 0 Å². The van der Waals surface area contributed by atoms with E-state index in [0.717, 1.165) is 51.9 Å². The summed E-state index contributed by atoms with van der Waals surface area (Å²) in [4.78, 5) is 0. The molecule has 0 amide bonds. The normalized spacial score (nSPS) is 16.0. The molecule has 1 saturated heterocycles. The first-order valence-corrected chi connectivity index (χ1v) is 4.97. The molecule has 0 saturated carbocycles. The van der Waals surface area contributed by atoms with Crippen LogP contribution in [0.15, 0.2) is 0 Å². The third kappa shape index (κ3) is 12.0. The molecule has 4 heteroatoms. The van der Waals surface area contributed by atoms with Crippen LogP contribution < -0.4 is 0 Å². The van der Waals surface area contributed by atoms with Gasteiger partial charge in [-0.3, -0.25) is 0 Å². The van der Waals surface area contributed by atoms with Gasteiger partial charge in [-0.2, -0.15) is 0 Å². The minimum atomic E-state index is 0.778. The highest BCUT2D eigenvalue weighted by molar-refractivity contribution is 6.08. The molecule has 0 bridgehead atoms. The van der Waals surface area contributed by atoms with Crippen LogP contribution in [0.1, 0.15) is 19.3 Å². The van der Waals surface area contributed by atoms with Gasteiger partial charge in [-0.15, -0.1) is 0 Å². The summed E-state index contributed by atoms with van der Waals surface area (Å²) in [6.07, 6.45) is 5.04. The van der Waals surface area contributed by atoms with Gasteiger partial charge in [0.05, 0.1) is 42.1 Å². The molecule has 1 heterocycles. The molecule has 0 atom stereocenters. The molecule has 0 aromatic heterocycles. The van der Waals surface area contributed by atoms with Gasteiger partial charge in [0.15, 0.2) is 0 Å². The standard InChI is InChI=1S/C5H10B2.C4H8O2/c6-4-2-1-3-5-7;1-2-6-4-3-5-1/h1-5H2;1-4H2. The monoisotopic (exact) mass is 180 g/mol. The van der Waals surface area contributed by atoms with Crippen LogP contribution >= 0.6 is 0 Å². The molecule has 1 rings (SSSR count). The van der Waals surface area contributed by atoms with E-state index >= 15 is 0 Å². The molecule has 0 aromatic carbocycles. The van der Waals surface area contributed by atoms with Crippen molar-refractivity contribution >= 4 is 15.7 Å². The Kier molecular flexibility index (Phi) is 12.1. The molecule has 0 N–H and O–H groups in total. The van der Waals surface area contributed by atoms with Crippen LogP contribution in [0, 0.1) is 0 Å². The molecule has 0 aliphatic carbocycles. The summed E-state index contributed by atoms with van der Waals surface area (Å²) in [5.41, 5.74) is 0. The Morgan fingerprint density at radius 2 is 1.08 bits per heavy atom. The first-order chi connectivity index (χ1) is 6.41. The summed E-state index contributed by atoms with van der Waals surface area (Å²) in [5, 5.41) is 0. The van der Waals surface area contributed by atoms with Gasteiger partial charge in [0, 0.05) is 0 Å². The highest BCUT2D eigenvalue weighted by Gasteiger charge is 1.94. The average molecular weight is 180 g/mol. The van der Waals surface area contributed by atoms with E-state index in [9.17, 15) is 0 Å². The summed E-state index contributed by atoms with van der Waals surface area (Å²) < 4.78 is 9.89. The molecule has 1 aliphatic heterocycles. The van der Waals surface area contributed by atoms with E-state index in [1.165, 1.54) is 6.42 Å². The zero-order valence-corrected chi connectivity index (χ0v) is 8.34. The maximum atomic E-state index is 5.23. The summed E-state index contributed by atoms with van der Waals surface area (Å²) in [6, 6.07) is 0. The van der Waals surface area contributed by atoms with Crippen LogP contribution in [0.4, 0.5) is 0 Å². The summed E-state index contributed by atoms with van der Waals surface area (Å²) in [5.74, 6) is 0. The minimum absolute atomic E-state index is 0.778. The van der Waals surface area contributed by atoms with Crippen molar-refractivity contribution in [3.8, 4) is 0 Å². The second kappa shape index (κ2) is 12.0. The second-order valence-corrected chi connectivity index (χ2v) is 2.86. The number of rotatable bonds is 4. The highest BCUT2D eigenvalue weighted by Crippen LogP contribution is 1.98. The summed E-state index contributed by atoms with van der Waals surface area (Å²) in [7, 11) is 10.5. The zero-order valence-electron chi connectivity index (χ0n) is 8.34. The Balaban J connectivity index is 0.000000223. The minimum Gasteiger partial charge on any atom is -0.377 e. The molecule has 0 aromatic rings. The van der Waals surface area contributed by atoms with Crippen molar-refractivity contribution in [1.82, 2.24) is 0 Å². The molecule has 0 spiro atoms. The third-order valence-electron chi connectivity index (χ3n) is 1.65. The zero-order chi connectivity index (χ0) is 9.78. The average Bonchev–Trinajstić information content (AvgIpc) is 2.22. The molecular formula is C9H18B2O2. The largest absolute Gasteiger partial charge is 0.377 e. The lowest BCUT2D eigenvalue weighted by Crippen LogP contribution is -2.16. The highest BCUT2D eigenvalue weighted by atomic mass is 16.6. The first-order valence-electron chi connectivity index (χ1n) is 4.97. The van der Waals surface area contributed by atoms with Crippen LogP contribution in [0.3, 0.4) is 0 Å². The van der Waals surface area contributed by atoms with Gasteiger partial charge in [0.1, 0.15) is 0 Å². The lowest BCUT2D eigenvalue weighted by Gasteiger charge is -2.09. The van der Waals surface area contributed by atoms with E-state index < -0.39 is 0 Å². The fourth-order valence-corrected chi connectivity index (χ4v) is 0.905. The van der Waals surface area contributed by atoms with Gasteiger partial charge in [-0.05, 0) is 0 Å². The van der Waals surface area contributed by atoms with E-state index in [1.54, 1.807) is 0 Å². The predicted octanol–water partition coefficient (Wildman–Crippen LogP) is 1.36. The number of hydrogen-bond acceptors (Lipinski definition) is 2. The van der Waals surface area contributed by atoms with Crippen molar-refractivity contribution in [2.75, 3.05) is 26.4 Å². The molecule has 0 unspecified atom stereocenters. The summed E-state index contributed by atoms with van der Waals surface area (Å²) >= 11 is 0. The van der Waals surface area contributed by atoms with E-state index in [4.69, 9.17) is 25.2 Å². The van der Waals surface area contributed by atoms with Gasteiger partial charge >= 0.3 is 0 Å². The van der Waals surface area contributed by atoms with Crippen LogP contribution in [0.5, 0.6) is 0 Å². The van der Waals surface area contributed by atoms with Crippen molar-refractivity contribution in [3.05, 3.63) is 0 Å². The lowest BCUT2D eigenvalue weighted by atomic mass is 9.95. The number of hydrogen-bond donors (Lipinski definition) is 0. The van der Waals surface area contributed by atoms with Gasteiger partial charge in [-0.25, -0.2) is 0 Å². The number of ether oxygens (including phenoxy) is 2. The number of unbranched alkanes of at least 4 members (excludes halogenated alkanes) is 2. The quantitative estimate of drug-likeness (QED) is 0.480. The maximum absolute atomic E-state index is 5.23. The van der Waals surface area contributed by atoms with Gasteiger partial charge < -0.3 is 9.47 Å². The van der Waals surface area contributed by atoms with Crippen LogP contribution in [-0.2, 0) is 9.47 Å². The van der Waals surface area contributed by atoms with Crippen molar-refractivity contribution in [2.45, 2.75) is 31.9 Å². The van der Waals surface area contributed by atoms with Crippen molar-refractivity contribution in [2.24, 2.45) is 0 Å². The Labute approximate surface area is 84.2 Å². The van der Waals surface area contributed by atoms with Crippen LogP contribution in [-0.4, -0.2) is 42.1 Å². The predicted molar refractivity (Wildman–Crippen MR) is 56.6 cm³/mol. The Bertz CT molecular complexity index is 72.2. The Morgan fingerprint density at radius 3 is 1.31 bits per heavy atom. The lowest BCUT2D eigenvalue weighted by molar-refractivity contribution is -0.0334. The topological polar surface area (TPSA) is 18.5 Å². The van der Waals surface area contributed by atoms with Crippen molar-refractivity contribution in [3.63, 3.8) is 0 Å². The molecule has 13 heavy (non-hydrogen) atoms. The van der Waals surface area contributed by atoms with E-state index in [-0.39, 0.29) is 0 Å². The van der Waals surface area contributed by atoms with E-state index in [1.807, 2.05) is 0 Å². The molecular weight excluding hydrogens is 162 g/mol. The molecule has 72 valence electrons. The third-order valence-corrected chi connectivity index (χ3v) is 1.65. The molecule has 2 nitrogen and oxygen atoms in total. The molecule has 4 radical (unpaired) electrons. The fraction of sp³-hybridized carbons (Fsp3) is 1.00. The van der Waals surface area contributed by atoms with Crippen molar-refractivity contribution in [1.29, 1.82) is 0 Å². The molecule has 1 fully saturated rings. The fourth-order valence-electron chi connectivity index (χ4n) is 0.905. The van der Waals surface area contributed by atoms with Crippen molar-refractivity contribution < 1.29 is 9.47 Å². The Hall–Kier alpha value is 0.0499. The second-order valence-electron chi connectivity index (χ2n) is 2.86. The maximum Gasteiger partial charge on any atom is 0.0701 e. The SMILES string of the molecule is C1COCCO1.[B]CCCCC[B].